The molecule has 1 aliphatic heterocycles. The van der Waals surface area contributed by atoms with Crippen molar-refractivity contribution in [2.45, 2.75) is 65.8 Å². The third-order valence-electron chi connectivity index (χ3n) is 4.94. The summed E-state index contributed by atoms with van der Waals surface area (Å²) in [6, 6.07) is 0.489. The van der Waals surface area contributed by atoms with E-state index in [9.17, 15) is 0 Å². The first kappa shape index (κ1) is 22.2. The van der Waals surface area contributed by atoms with Crippen LogP contribution in [0.5, 0.6) is 0 Å². The van der Waals surface area contributed by atoms with Crippen LogP contribution < -0.4 is 10.6 Å². The quantitative estimate of drug-likeness (QED) is 0.340. The molecule has 0 saturated carbocycles. The van der Waals surface area contributed by atoms with Crippen LogP contribution in [0.3, 0.4) is 0 Å². The first-order chi connectivity index (χ1) is 12.0. The smallest absolute Gasteiger partial charge is 0.191 e. The average molecular weight is 354 g/mol. The van der Waals surface area contributed by atoms with Gasteiger partial charge in [0.2, 0.25) is 0 Å². The lowest BCUT2D eigenvalue weighted by Crippen LogP contribution is -2.46. The summed E-state index contributed by atoms with van der Waals surface area (Å²) in [6.07, 6.45) is 6.53. The molecule has 25 heavy (non-hydrogen) atoms. The van der Waals surface area contributed by atoms with E-state index in [0.29, 0.717) is 12.0 Å². The maximum Gasteiger partial charge on any atom is 0.191 e. The molecule has 5 heteroatoms. The summed E-state index contributed by atoms with van der Waals surface area (Å²) in [6.45, 7) is 16.7. The minimum absolute atomic E-state index is 0.489. The average Bonchev–Trinajstić information content (AvgIpc) is 2.59. The van der Waals surface area contributed by atoms with Gasteiger partial charge in [-0.05, 0) is 33.2 Å². The number of aliphatic imine (C=N–C) groups is 1. The summed E-state index contributed by atoms with van der Waals surface area (Å²) in [4.78, 5) is 9.83. The number of hydrogen-bond acceptors (Lipinski definition) is 3. The molecule has 0 amide bonds. The maximum atomic E-state index is 4.84. The first-order valence-electron chi connectivity index (χ1n) is 10.5. The highest BCUT2D eigenvalue weighted by Gasteiger charge is 2.16. The Labute approximate surface area is 156 Å². The van der Waals surface area contributed by atoms with Crippen molar-refractivity contribution in [1.82, 2.24) is 20.4 Å². The number of nitrogens with one attached hydrogen (secondary N) is 2. The predicted octanol–water partition coefficient (Wildman–Crippen LogP) is 2.78. The molecular weight excluding hydrogens is 310 g/mol. The fourth-order valence-electron chi connectivity index (χ4n) is 3.28. The van der Waals surface area contributed by atoms with Crippen LogP contribution in [0.2, 0.25) is 0 Å². The van der Waals surface area contributed by atoms with Crippen molar-refractivity contribution in [2.24, 2.45) is 10.9 Å². The van der Waals surface area contributed by atoms with Crippen molar-refractivity contribution in [3.63, 3.8) is 0 Å². The van der Waals surface area contributed by atoms with E-state index in [1.54, 1.807) is 0 Å². The number of hydrogen-bond donors (Lipinski definition) is 2. The summed E-state index contributed by atoms with van der Waals surface area (Å²) < 4.78 is 0. The normalized spacial score (nSPS) is 19.6. The van der Waals surface area contributed by atoms with Gasteiger partial charge in [0, 0.05) is 51.9 Å². The molecule has 148 valence electrons. The predicted molar refractivity (Wildman–Crippen MR) is 110 cm³/mol. The Morgan fingerprint density at radius 3 is 2.40 bits per heavy atom. The van der Waals surface area contributed by atoms with Gasteiger partial charge in [0.05, 0.1) is 0 Å². The summed E-state index contributed by atoms with van der Waals surface area (Å²) in [5.74, 6) is 1.58. The van der Waals surface area contributed by atoms with E-state index in [2.05, 4.69) is 55.2 Å². The number of unbranched alkanes of at least 4 members (excludes halogenated alkanes) is 3. The van der Waals surface area contributed by atoms with Gasteiger partial charge in [-0.2, -0.15) is 0 Å². The Hall–Kier alpha value is -0.810. The van der Waals surface area contributed by atoms with Crippen LogP contribution in [-0.2, 0) is 0 Å². The summed E-state index contributed by atoms with van der Waals surface area (Å²) >= 11 is 0. The fourth-order valence-corrected chi connectivity index (χ4v) is 3.28. The van der Waals surface area contributed by atoms with E-state index in [0.717, 1.165) is 25.6 Å². The minimum Gasteiger partial charge on any atom is -0.357 e. The highest BCUT2D eigenvalue weighted by atomic mass is 15.2. The molecule has 1 heterocycles. The Balaban J connectivity index is 2.32. The molecule has 0 aromatic heterocycles. The van der Waals surface area contributed by atoms with E-state index < -0.39 is 0 Å². The molecule has 0 spiro atoms. The van der Waals surface area contributed by atoms with Gasteiger partial charge in [-0.25, -0.2) is 0 Å². The van der Waals surface area contributed by atoms with Crippen molar-refractivity contribution in [3.05, 3.63) is 0 Å². The topological polar surface area (TPSA) is 42.9 Å². The van der Waals surface area contributed by atoms with Gasteiger partial charge in [-0.3, -0.25) is 4.99 Å². The lowest BCUT2D eigenvalue weighted by Gasteiger charge is -2.33. The molecule has 0 aromatic carbocycles. The molecule has 0 radical (unpaired) electrons. The molecule has 2 atom stereocenters. The molecule has 1 aliphatic rings. The Kier molecular flexibility index (Phi) is 11.9. The zero-order valence-corrected chi connectivity index (χ0v) is 17.5. The molecule has 0 bridgehead atoms. The zero-order chi connectivity index (χ0) is 18.5. The number of nitrogens with zero attached hydrogens (tertiary/aromatic N) is 3. The Bertz CT molecular complexity index is 350. The molecular formula is C20H43N5. The molecule has 1 saturated heterocycles. The lowest BCUT2D eigenvalue weighted by atomic mass is 10.1. The van der Waals surface area contributed by atoms with Crippen LogP contribution in [0.4, 0.5) is 0 Å². The van der Waals surface area contributed by atoms with Gasteiger partial charge in [0.25, 0.3) is 0 Å². The molecule has 2 N–H and O–H groups in total. The van der Waals surface area contributed by atoms with Gasteiger partial charge in [-0.15, -0.1) is 0 Å². The third-order valence-corrected chi connectivity index (χ3v) is 4.94. The standard InChI is InChI=1S/C20H43N5/c1-6-8-9-10-11-19(4)23-20(21-7-2)22-16-18(3)17-25-14-12-24(5)13-15-25/h18-19H,6-17H2,1-5H3,(H2,21,22,23). The molecule has 2 unspecified atom stereocenters. The number of likely N-dealkylation sites (N-methyl/N-ethyl adjacent to an activating group) is 1. The van der Waals surface area contributed by atoms with E-state index in [-0.39, 0.29) is 0 Å². The molecule has 5 nitrogen and oxygen atoms in total. The summed E-state index contributed by atoms with van der Waals surface area (Å²) in [5.41, 5.74) is 0. The van der Waals surface area contributed by atoms with Crippen LogP contribution in [0.15, 0.2) is 4.99 Å². The van der Waals surface area contributed by atoms with Crippen molar-refractivity contribution in [3.8, 4) is 0 Å². The van der Waals surface area contributed by atoms with E-state index in [1.807, 2.05) is 0 Å². The second-order valence-corrected chi connectivity index (χ2v) is 7.82. The van der Waals surface area contributed by atoms with E-state index >= 15 is 0 Å². The van der Waals surface area contributed by atoms with Crippen molar-refractivity contribution < 1.29 is 0 Å². The monoisotopic (exact) mass is 353 g/mol. The highest BCUT2D eigenvalue weighted by Crippen LogP contribution is 2.06. The van der Waals surface area contributed by atoms with Crippen molar-refractivity contribution in [2.75, 3.05) is 52.9 Å². The number of guanidine groups is 1. The largest absolute Gasteiger partial charge is 0.357 e. The molecule has 0 aliphatic carbocycles. The van der Waals surface area contributed by atoms with Crippen LogP contribution in [0.1, 0.15) is 59.8 Å². The van der Waals surface area contributed by atoms with Gasteiger partial charge in [0.1, 0.15) is 0 Å². The van der Waals surface area contributed by atoms with Gasteiger partial charge in [0.15, 0.2) is 5.96 Å². The van der Waals surface area contributed by atoms with Crippen LogP contribution >= 0.6 is 0 Å². The minimum atomic E-state index is 0.489. The van der Waals surface area contributed by atoms with Crippen molar-refractivity contribution >= 4 is 5.96 Å². The van der Waals surface area contributed by atoms with E-state index in [4.69, 9.17) is 4.99 Å². The Morgan fingerprint density at radius 2 is 1.76 bits per heavy atom. The molecule has 1 rings (SSSR count). The first-order valence-corrected chi connectivity index (χ1v) is 10.5. The summed E-state index contributed by atoms with van der Waals surface area (Å²) in [5, 5.41) is 6.98. The fraction of sp³-hybridized carbons (Fsp3) is 0.950. The molecule has 0 aromatic rings. The lowest BCUT2D eigenvalue weighted by molar-refractivity contribution is 0.140. The van der Waals surface area contributed by atoms with Gasteiger partial charge >= 0.3 is 0 Å². The summed E-state index contributed by atoms with van der Waals surface area (Å²) in [7, 11) is 2.21. The van der Waals surface area contributed by atoms with Crippen LogP contribution in [0.25, 0.3) is 0 Å². The number of rotatable bonds is 11. The Morgan fingerprint density at radius 1 is 1.04 bits per heavy atom. The maximum absolute atomic E-state index is 4.84. The number of piperazine rings is 1. The van der Waals surface area contributed by atoms with Crippen molar-refractivity contribution in [1.29, 1.82) is 0 Å². The highest BCUT2D eigenvalue weighted by molar-refractivity contribution is 5.80. The third kappa shape index (κ3) is 10.7. The molecule has 1 fully saturated rings. The van der Waals surface area contributed by atoms with Gasteiger partial charge < -0.3 is 20.4 Å². The van der Waals surface area contributed by atoms with E-state index in [1.165, 1.54) is 58.3 Å². The van der Waals surface area contributed by atoms with Crippen LogP contribution in [0, 0.1) is 5.92 Å². The zero-order valence-electron chi connectivity index (χ0n) is 17.5. The van der Waals surface area contributed by atoms with Crippen LogP contribution in [-0.4, -0.2) is 74.7 Å². The second kappa shape index (κ2) is 13.4. The van der Waals surface area contributed by atoms with Gasteiger partial charge in [-0.1, -0.05) is 39.5 Å². The second-order valence-electron chi connectivity index (χ2n) is 7.82. The SMILES string of the molecule is CCCCCCC(C)NC(=NCC(C)CN1CCN(C)CC1)NCC.